The van der Waals surface area contributed by atoms with E-state index in [2.05, 4.69) is 10.6 Å². The van der Waals surface area contributed by atoms with Gasteiger partial charge in [0.1, 0.15) is 6.04 Å². The van der Waals surface area contributed by atoms with Gasteiger partial charge >= 0.3 is 0 Å². The van der Waals surface area contributed by atoms with Crippen LogP contribution in [0.25, 0.3) is 0 Å². The van der Waals surface area contributed by atoms with E-state index in [1.807, 2.05) is 45.9 Å². The molecule has 1 spiro atoms. The van der Waals surface area contributed by atoms with Gasteiger partial charge < -0.3 is 20.6 Å². The van der Waals surface area contributed by atoms with Crippen molar-refractivity contribution in [3.05, 3.63) is 29.3 Å². The molecule has 2 unspecified atom stereocenters. The minimum Gasteiger partial charge on any atom is -0.394 e. The molecular formula is C24H33N3O4S. The van der Waals surface area contributed by atoms with Crippen LogP contribution in [0.4, 0.5) is 5.69 Å². The van der Waals surface area contributed by atoms with E-state index in [-0.39, 0.29) is 35.5 Å². The standard InChI is InChI=1S/C24H33N3O4S/c1-12(2)15(11-28)27-20(22(30)26-19-13(3)7-6-8-14(19)4)24-10-9-16(32-24)17(21(29)25-5)18(24)23(27)31/h6-8,12,15-18,20,28H,9-11H2,1-5H3,(H,25,29)(H,26,30)/t15-,16+,17-,18-,20?,24?/m0/s1. The maximum absolute atomic E-state index is 13.9. The molecule has 0 saturated carbocycles. The van der Waals surface area contributed by atoms with Gasteiger partial charge in [0.05, 0.1) is 29.2 Å². The largest absolute Gasteiger partial charge is 0.394 e. The number of likely N-dealkylation sites (tertiary alicyclic amines) is 1. The lowest BCUT2D eigenvalue weighted by atomic mass is 9.70. The molecule has 8 heteroatoms. The van der Waals surface area contributed by atoms with Gasteiger partial charge in [-0.05, 0) is 43.7 Å². The second-order valence-corrected chi connectivity index (χ2v) is 11.3. The Morgan fingerprint density at radius 1 is 1.25 bits per heavy atom. The fourth-order valence-electron chi connectivity index (χ4n) is 6.04. The molecule has 7 nitrogen and oxygen atoms in total. The van der Waals surface area contributed by atoms with Crippen LogP contribution in [-0.2, 0) is 14.4 Å². The molecule has 6 atom stereocenters. The van der Waals surface area contributed by atoms with Crippen molar-refractivity contribution in [1.82, 2.24) is 10.2 Å². The number of anilines is 1. The number of aryl methyl sites for hydroxylation is 2. The first-order valence-electron chi connectivity index (χ1n) is 11.4. The predicted octanol–water partition coefficient (Wildman–Crippen LogP) is 2.10. The molecule has 32 heavy (non-hydrogen) atoms. The third kappa shape index (κ3) is 3.25. The van der Waals surface area contributed by atoms with Crippen LogP contribution in [0.2, 0.25) is 0 Å². The second-order valence-electron chi connectivity index (χ2n) is 9.67. The van der Waals surface area contributed by atoms with Crippen LogP contribution in [-0.4, -0.2) is 63.5 Å². The molecule has 1 aromatic carbocycles. The first kappa shape index (κ1) is 23.1. The summed E-state index contributed by atoms with van der Waals surface area (Å²) in [4.78, 5) is 42.1. The van der Waals surface area contributed by atoms with E-state index < -0.39 is 28.7 Å². The number of aliphatic hydroxyl groups is 1. The highest BCUT2D eigenvalue weighted by Crippen LogP contribution is 2.66. The molecule has 0 aliphatic carbocycles. The molecule has 2 bridgehead atoms. The Morgan fingerprint density at radius 2 is 1.91 bits per heavy atom. The Labute approximate surface area is 193 Å². The van der Waals surface area contributed by atoms with Crippen LogP contribution in [0.15, 0.2) is 18.2 Å². The minimum atomic E-state index is -0.733. The summed E-state index contributed by atoms with van der Waals surface area (Å²) < 4.78 is -0.651. The number of hydrogen-bond donors (Lipinski definition) is 3. The Kier molecular flexibility index (Phi) is 6.05. The molecule has 1 aromatic rings. The minimum absolute atomic E-state index is 0.0321. The average Bonchev–Trinajstić information content (AvgIpc) is 3.38. The quantitative estimate of drug-likeness (QED) is 0.605. The summed E-state index contributed by atoms with van der Waals surface area (Å²) in [6.45, 7) is 7.56. The predicted molar refractivity (Wildman–Crippen MR) is 125 cm³/mol. The monoisotopic (exact) mass is 459 g/mol. The number of nitrogens with one attached hydrogen (secondary N) is 2. The molecule has 3 heterocycles. The molecule has 3 amide bonds. The normalized spacial score (nSPS) is 31.7. The number of hydrogen-bond acceptors (Lipinski definition) is 5. The van der Waals surface area contributed by atoms with Crippen LogP contribution >= 0.6 is 11.8 Å². The van der Waals surface area contributed by atoms with Gasteiger partial charge in [0.2, 0.25) is 17.7 Å². The van der Waals surface area contributed by atoms with Crippen molar-refractivity contribution in [2.75, 3.05) is 19.0 Å². The van der Waals surface area contributed by atoms with Crippen molar-refractivity contribution in [2.45, 2.75) is 62.6 Å². The Hall–Kier alpha value is -2.06. The summed E-state index contributed by atoms with van der Waals surface area (Å²) in [5.41, 5.74) is 2.67. The summed E-state index contributed by atoms with van der Waals surface area (Å²) in [5, 5.41) is 16.1. The number of nitrogens with zero attached hydrogens (tertiary/aromatic N) is 1. The highest BCUT2D eigenvalue weighted by Gasteiger charge is 2.74. The number of thioether (sulfide) groups is 1. The van der Waals surface area contributed by atoms with Gasteiger partial charge in [-0.25, -0.2) is 0 Å². The third-order valence-corrected chi connectivity index (χ3v) is 9.53. The van der Waals surface area contributed by atoms with Crippen LogP contribution in [0.3, 0.4) is 0 Å². The number of para-hydroxylation sites is 1. The van der Waals surface area contributed by atoms with E-state index in [9.17, 15) is 19.5 Å². The molecule has 3 fully saturated rings. The van der Waals surface area contributed by atoms with Gasteiger partial charge in [0.25, 0.3) is 0 Å². The molecule has 3 N–H and O–H groups in total. The van der Waals surface area contributed by atoms with Crippen molar-refractivity contribution < 1.29 is 19.5 Å². The SMILES string of the molecule is CNC(=O)[C@@H]1[C@H]2C(=O)N([C@@H](CO)C(C)C)C(C(=O)Nc3c(C)cccc3C)C23CC[C@H]1S3. The number of rotatable bonds is 6. The zero-order valence-corrected chi connectivity index (χ0v) is 20.2. The number of carbonyl (C=O) groups is 3. The lowest BCUT2D eigenvalue weighted by molar-refractivity contribution is -0.142. The summed E-state index contributed by atoms with van der Waals surface area (Å²) in [6.07, 6.45) is 1.52. The molecule has 3 aliphatic rings. The van der Waals surface area contributed by atoms with E-state index in [0.29, 0.717) is 6.42 Å². The van der Waals surface area contributed by atoms with Crippen LogP contribution in [0.5, 0.6) is 0 Å². The average molecular weight is 460 g/mol. The zero-order valence-electron chi connectivity index (χ0n) is 19.3. The highest BCUT2D eigenvalue weighted by molar-refractivity contribution is 8.02. The number of benzene rings is 1. The molecule has 0 aromatic heterocycles. The van der Waals surface area contributed by atoms with Gasteiger partial charge in [-0.3, -0.25) is 14.4 Å². The maximum atomic E-state index is 13.9. The number of aliphatic hydroxyl groups excluding tert-OH is 1. The van der Waals surface area contributed by atoms with E-state index >= 15 is 0 Å². The number of fused-ring (bicyclic) bond motifs is 1. The molecule has 3 saturated heterocycles. The van der Waals surface area contributed by atoms with Crippen LogP contribution in [0.1, 0.15) is 37.8 Å². The van der Waals surface area contributed by atoms with Crippen molar-refractivity contribution >= 4 is 35.2 Å². The Balaban J connectivity index is 1.79. The number of amides is 3. The summed E-state index contributed by atoms with van der Waals surface area (Å²) in [5.74, 6) is -1.57. The van der Waals surface area contributed by atoms with E-state index in [1.165, 1.54) is 0 Å². The molecule has 3 aliphatic heterocycles. The fraction of sp³-hybridized carbons (Fsp3) is 0.625. The van der Waals surface area contributed by atoms with Crippen molar-refractivity contribution in [3.8, 4) is 0 Å². The molecule has 0 radical (unpaired) electrons. The fourth-order valence-corrected chi connectivity index (χ4v) is 8.24. The summed E-state index contributed by atoms with van der Waals surface area (Å²) in [6, 6.07) is 4.63. The Bertz CT molecular complexity index is 931. The topological polar surface area (TPSA) is 98.7 Å². The van der Waals surface area contributed by atoms with Crippen molar-refractivity contribution in [2.24, 2.45) is 17.8 Å². The molecular weight excluding hydrogens is 426 g/mol. The van der Waals surface area contributed by atoms with Crippen molar-refractivity contribution in [1.29, 1.82) is 0 Å². The summed E-state index contributed by atoms with van der Waals surface area (Å²) in [7, 11) is 1.60. The van der Waals surface area contributed by atoms with Gasteiger partial charge in [0.15, 0.2) is 0 Å². The van der Waals surface area contributed by atoms with E-state index in [1.54, 1.807) is 23.7 Å². The molecule has 4 rings (SSSR count). The highest BCUT2D eigenvalue weighted by atomic mass is 32.2. The lowest BCUT2D eigenvalue weighted by Gasteiger charge is -2.38. The first-order valence-corrected chi connectivity index (χ1v) is 12.3. The number of carbonyl (C=O) groups excluding carboxylic acids is 3. The summed E-state index contributed by atoms with van der Waals surface area (Å²) >= 11 is 1.64. The lowest BCUT2D eigenvalue weighted by Crippen LogP contribution is -2.56. The van der Waals surface area contributed by atoms with Gasteiger partial charge in [-0.2, -0.15) is 0 Å². The maximum Gasteiger partial charge on any atom is 0.248 e. The van der Waals surface area contributed by atoms with E-state index in [4.69, 9.17) is 0 Å². The van der Waals surface area contributed by atoms with E-state index in [0.717, 1.165) is 23.2 Å². The van der Waals surface area contributed by atoms with Crippen molar-refractivity contribution in [3.63, 3.8) is 0 Å². The smallest absolute Gasteiger partial charge is 0.248 e. The van der Waals surface area contributed by atoms with Crippen LogP contribution < -0.4 is 10.6 Å². The zero-order chi connectivity index (χ0) is 23.4. The van der Waals surface area contributed by atoms with Gasteiger partial charge in [-0.15, -0.1) is 11.8 Å². The van der Waals surface area contributed by atoms with Gasteiger partial charge in [0, 0.05) is 18.0 Å². The third-order valence-electron chi connectivity index (χ3n) is 7.58. The van der Waals surface area contributed by atoms with Gasteiger partial charge in [-0.1, -0.05) is 32.0 Å². The van der Waals surface area contributed by atoms with Crippen LogP contribution in [0, 0.1) is 31.6 Å². The second kappa shape index (κ2) is 8.37. The first-order chi connectivity index (χ1) is 15.2. The Morgan fingerprint density at radius 3 is 2.47 bits per heavy atom. The molecule has 174 valence electrons.